The Hall–Kier alpha value is -0.870. The van der Waals surface area contributed by atoms with E-state index in [2.05, 4.69) is 50.7 Å². The van der Waals surface area contributed by atoms with Crippen LogP contribution in [0.15, 0.2) is 6.07 Å². The lowest BCUT2D eigenvalue weighted by Crippen LogP contribution is -2.53. The minimum Gasteiger partial charge on any atom is -0.391 e. The van der Waals surface area contributed by atoms with Gasteiger partial charge in [0.1, 0.15) is 0 Å². The van der Waals surface area contributed by atoms with Gasteiger partial charge in [-0.05, 0) is 39.4 Å². The number of hydrogen-bond donors (Lipinski definition) is 1. The van der Waals surface area contributed by atoms with E-state index in [0.717, 1.165) is 30.9 Å². The first kappa shape index (κ1) is 16.2. The van der Waals surface area contributed by atoms with Crippen molar-refractivity contribution >= 4 is 0 Å². The quantitative estimate of drug-likeness (QED) is 0.821. The largest absolute Gasteiger partial charge is 0.391 e. The van der Waals surface area contributed by atoms with Crippen LogP contribution in [-0.4, -0.2) is 44.5 Å². The summed E-state index contributed by atoms with van der Waals surface area (Å²) in [4.78, 5) is 2.30. The van der Waals surface area contributed by atoms with Crippen molar-refractivity contribution in [1.29, 1.82) is 0 Å². The molecule has 0 bridgehead atoms. The van der Waals surface area contributed by atoms with E-state index in [1.165, 1.54) is 0 Å². The average Bonchev–Trinajstić information content (AvgIpc) is 2.71. The van der Waals surface area contributed by atoms with Gasteiger partial charge in [-0.2, -0.15) is 5.10 Å². The summed E-state index contributed by atoms with van der Waals surface area (Å²) in [6, 6.07) is 2.10. The van der Waals surface area contributed by atoms with E-state index in [1.54, 1.807) is 0 Å². The molecular weight excluding hydrogens is 238 g/mol. The number of likely N-dealkylation sites (N-methyl/N-ethyl adjacent to an activating group) is 1. The van der Waals surface area contributed by atoms with Gasteiger partial charge in [-0.3, -0.25) is 9.58 Å². The van der Waals surface area contributed by atoms with Gasteiger partial charge in [0.05, 0.1) is 11.8 Å². The molecule has 0 aliphatic heterocycles. The Morgan fingerprint density at radius 2 is 1.89 bits per heavy atom. The molecule has 1 aromatic rings. The summed E-state index contributed by atoms with van der Waals surface area (Å²) in [5.41, 5.74) is 1.97. The third-order valence-corrected chi connectivity index (χ3v) is 4.19. The number of aromatic nitrogens is 2. The molecular formula is C15H29N3O. The second-order valence-corrected chi connectivity index (χ2v) is 5.65. The van der Waals surface area contributed by atoms with E-state index >= 15 is 0 Å². The molecule has 0 saturated carbocycles. The van der Waals surface area contributed by atoms with Gasteiger partial charge in [-0.25, -0.2) is 0 Å². The van der Waals surface area contributed by atoms with Crippen LogP contribution in [0.4, 0.5) is 0 Å². The zero-order chi connectivity index (χ0) is 14.6. The predicted octanol–water partition coefficient (Wildman–Crippen LogP) is 2.01. The number of aryl methyl sites for hydroxylation is 2. The molecule has 1 aromatic heterocycles. The van der Waals surface area contributed by atoms with Crippen molar-refractivity contribution < 1.29 is 5.11 Å². The average molecular weight is 267 g/mol. The lowest BCUT2D eigenvalue weighted by atomic mass is 9.91. The van der Waals surface area contributed by atoms with Crippen LogP contribution in [0, 0.1) is 0 Å². The molecule has 0 aromatic carbocycles. The van der Waals surface area contributed by atoms with Crippen molar-refractivity contribution in [3.63, 3.8) is 0 Å². The van der Waals surface area contributed by atoms with Crippen molar-refractivity contribution in [2.24, 2.45) is 7.05 Å². The molecule has 4 nitrogen and oxygen atoms in total. The molecule has 0 amide bonds. The second-order valence-electron chi connectivity index (χ2n) is 5.65. The first-order valence-corrected chi connectivity index (χ1v) is 7.31. The number of rotatable bonds is 7. The van der Waals surface area contributed by atoms with E-state index in [1.807, 2.05) is 11.7 Å². The molecule has 1 unspecified atom stereocenters. The van der Waals surface area contributed by atoms with Gasteiger partial charge in [-0.1, -0.05) is 20.8 Å². The third-order valence-electron chi connectivity index (χ3n) is 4.19. The summed E-state index contributed by atoms with van der Waals surface area (Å²) in [5.74, 6) is 0. The Labute approximate surface area is 117 Å². The maximum atomic E-state index is 10.6. The molecule has 110 valence electrons. The van der Waals surface area contributed by atoms with E-state index in [9.17, 15) is 5.11 Å². The molecule has 0 aliphatic rings. The van der Waals surface area contributed by atoms with Crippen LogP contribution in [-0.2, 0) is 19.9 Å². The highest BCUT2D eigenvalue weighted by Crippen LogP contribution is 2.22. The standard InChI is InChI=1S/C15H29N3O/c1-7-12-10-13(17(6)16-12)11-14(19)15(4,5)18(8-2)9-3/h10,14,19H,7-9,11H2,1-6H3. The van der Waals surface area contributed by atoms with Gasteiger partial charge in [0.15, 0.2) is 0 Å². The van der Waals surface area contributed by atoms with Crippen LogP contribution >= 0.6 is 0 Å². The van der Waals surface area contributed by atoms with Crippen molar-refractivity contribution in [1.82, 2.24) is 14.7 Å². The normalized spacial score (nSPS) is 14.1. The maximum Gasteiger partial charge on any atom is 0.0773 e. The monoisotopic (exact) mass is 267 g/mol. The molecule has 4 heteroatoms. The lowest BCUT2D eigenvalue weighted by molar-refractivity contribution is -0.00506. The van der Waals surface area contributed by atoms with Gasteiger partial charge in [-0.15, -0.1) is 0 Å². The van der Waals surface area contributed by atoms with Crippen LogP contribution < -0.4 is 0 Å². The molecule has 19 heavy (non-hydrogen) atoms. The Kier molecular flexibility index (Phi) is 5.56. The van der Waals surface area contributed by atoms with Crippen LogP contribution in [0.2, 0.25) is 0 Å². The zero-order valence-electron chi connectivity index (χ0n) is 13.3. The Morgan fingerprint density at radius 1 is 1.32 bits per heavy atom. The zero-order valence-corrected chi connectivity index (χ0v) is 13.3. The molecule has 0 aliphatic carbocycles. The highest BCUT2D eigenvalue weighted by molar-refractivity contribution is 5.12. The maximum absolute atomic E-state index is 10.6. The fraction of sp³-hybridized carbons (Fsp3) is 0.800. The number of hydrogen-bond acceptors (Lipinski definition) is 3. The second kappa shape index (κ2) is 6.53. The van der Waals surface area contributed by atoms with Crippen molar-refractivity contribution in [2.45, 2.75) is 59.1 Å². The van der Waals surface area contributed by atoms with Crippen molar-refractivity contribution in [3.05, 3.63) is 17.5 Å². The first-order chi connectivity index (χ1) is 8.86. The van der Waals surface area contributed by atoms with Crippen LogP contribution in [0.5, 0.6) is 0 Å². The molecule has 0 fully saturated rings. The molecule has 1 atom stereocenters. The number of aliphatic hydroxyl groups excluding tert-OH is 1. The SMILES string of the molecule is CCc1cc(CC(O)C(C)(C)N(CC)CC)n(C)n1. The summed E-state index contributed by atoms with van der Waals surface area (Å²) in [7, 11) is 1.95. The topological polar surface area (TPSA) is 41.3 Å². The Morgan fingerprint density at radius 3 is 2.32 bits per heavy atom. The first-order valence-electron chi connectivity index (χ1n) is 7.31. The smallest absolute Gasteiger partial charge is 0.0773 e. The van der Waals surface area contributed by atoms with Crippen LogP contribution in [0.1, 0.15) is 46.0 Å². The van der Waals surface area contributed by atoms with Crippen molar-refractivity contribution in [3.8, 4) is 0 Å². The summed E-state index contributed by atoms with van der Waals surface area (Å²) >= 11 is 0. The minimum atomic E-state index is -0.396. The summed E-state index contributed by atoms with van der Waals surface area (Å²) in [6.45, 7) is 12.5. The van der Waals surface area contributed by atoms with Gasteiger partial charge in [0, 0.05) is 24.7 Å². The van der Waals surface area contributed by atoms with E-state index in [0.29, 0.717) is 6.42 Å². The molecule has 1 rings (SSSR count). The van der Waals surface area contributed by atoms with Gasteiger partial charge >= 0.3 is 0 Å². The third kappa shape index (κ3) is 3.57. The van der Waals surface area contributed by atoms with E-state index in [-0.39, 0.29) is 5.54 Å². The Balaban J connectivity index is 2.82. The van der Waals surface area contributed by atoms with Crippen LogP contribution in [0.25, 0.3) is 0 Å². The number of aliphatic hydroxyl groups is 1. The molecule has 1 heterocycles. The minimum absolute atomic E-state index is 0.222. The molecule has 0 radical (unpaired) electrons. The van der Waals surface area contributed by atoms with E-state index < -0.39 is 6.10 Å². The fourth-order valence-electron chi connectivity index (χ4n) is 2.63. The Bertz CT molecular complexity index is 394. The van der Waals surface area contributed by atoms with Gasteiger partial charge in [0.2, 0.25) is 0 Å². The summed E-state index contributed by atoms with van der Waals surface area (Å²) in [6.07, 6.45) is 1.18. The fourth-order valence-corrected chi connectivity index (χ4v) is 2.63. The summed E-state index contributed by atoms with van der Waals surface area (Å²) < 4.78 is 1.89. The summed E-state index contributed by atoms with van der Waals surface area (Å²) in [5, 5.41) is 15.0. The molecule has 0 spiro atoms. The van der Waals surface area contributed by atoms with Crippen LogP contribution in [0.3, 0.4) is 0 Å². The van der Waals surface area contributed by atoms with E-state index in [4.69, 9.17) is 0 Å². The molecule has 1 N–H and O–H groups in total. The van der Waals surface area contributed by atoms with Crippen molar-refractivity contribution in [2.75, 3.05) is 13.1 Å². The molecule has 0 saturated heterocycles. The highest BCUT2D eigenvalue weighted by atomic mass is 16.3. The van der Waals surface area contributed by atoms with Gasteiger partial charge in [0.25, 0.3) is 0 Å². The number of nitrogens with zero attached hydrogens (tertiary/aromatic N) is 3. The van der Waals surface area contributed by atoms with Gasteiger partial charge < -0.3 is 5.11 Å². The lowest BCUT2D eigenvalue weighted by Gasteiger charge is -2.41. The predicted molar refractivity (Wildman–Crippen MR) is 79.3 cm³/mol. The highest BCUT2D eigenvalue weighted by Gasteiger charge is 2.33.